The third kappa shape index (κ3) is 6.13. The lowest BCUT2D eigenvalue weighted by Gasteiger charge is -2.29. The van der Waals surface area contributed by atoms with Gasteiger partial charge in [-0.2, -0.15) is 0 Å². The number of aliphatic hydroxyl groups is 2. The third-order valence-electron chi connectivity index (χ3n) is 9.91. The molecule has 0 saturated carbocycles. The maximum Gasteiger partial charge on any atom is 0.229 e. The number of ketones is 2. The first-order valence-electron chi connectivity index (χ1n) is 17.6. The summed E-state index contributed by atoms with van der Waals surface area (Å²) in [5, 5.41) is 53.5. The Kier molecular flexibility index (Phi) is 10.1. The van der Waals surface area contributed by atoms with Crippen molar-refractivity contribution in [1.82, 2.24) is 0 Å². The second kappa shape index (κ2) is 14.5. The van der Waals surface area contributed by atoms with Gasteiger partial charge in [-0.1, -0.05) is 64.1 Å². The van der Waals surface area contributed by atoms with E-state index in [0.717, 1.165) is 0 Å². The fourth-order valence-corrected chi connectivity index (χ4v) is 7.46. The number of ether oxygens (including phenoxy) is 2. The first-order valence-corrected chi connectivity index (χ1v) is 17.6. The van der Waals surface area contributed by atoms with E-state index in [1.807, 2.05) is 27.7 Å². The predicted octanol–water partition coefficient (Wildman–Crippen LogP) is 9.32. The van der Waals surface area contributed by atoms with Crippen molar-refractivity contribution in [3.63, 3.8) is 0 Å². The van der Waals surface area contributed by atoms with Gasteiger partial charge in [0.05, 0.1) is 36.7 Å². The molecule has 278 valence electrons. The molecule has 0 amide bonds. The number of carbonyl (C=O) groups excluding carboxylic acids is 2. The van der Waals surface area contributed by atoms with Crippen molar-refractivity contribution in [3.05, 3.63) is 118 Å². The summed E-state index contributed by atoms with van der Waals surface area (Å²) in [6.07, 6.45) is 2.85. The largest absolute Gasteiger partial charge is 0.507 e. The predicted molar refractivity (Wildman–Crippen MR) is 213 cm³/mol. The first-order chi connectivity index (χ1) is 25.7. The van der Waals surface area contributed by atoms with Crippen LogP contribution in [0.25, 0.3) is 33.4 Å². The number of phenols is 2. The maximum atomic E-state index is 13.9. The molecule has 4 aromatic rings. The minimum Gasteiger partial charge on any atom is -0.507 e. The molecule has 10 heteroatoms. The smallest absolute Gasteiger partial charge is 0.229 e. The van der Waals surface area contributed by atoms with Crippen LogP contribution in [0.3, 0.4) is 0 Å². The molecule has 0 radical (unpaired) electrons. The number of carbonyl (C=O) groups is 2. The molecule has 6 rings (SSSR count). The van der Waals surface area contributed by atoms with E-state index in [9.17, 15) is 30.0 Å². The van der Waals surface area contributed by atoms with E-state index in [-0.39, 0.29) is 56.7 Å². The molecule has 0 heterocycles. The van der Waals surface area contributed by atoms with Crippen molar-refractivity contribution in [3.8, 4) is 34.1 Å². The molecule has 4 aromatic carbocycles. The molecule has 0 fully saturated rings. The number of para-hydroxylation sites is 4. The number of methoxy groups -OCH3 is 2. The minimum atomic E-state index is -0.689. The van der Waals surface area contributed by atoms with E-state index in [2.05, 4.69) is 10.6 Å². The molecule has 0 aliphatic heterocycles. The summed E-state index contributed by atoms with van der Waals surface area (Å²) >= 11 is 0. The number of fused-ring (bicyclic) bond motifs is 2. The lowest BCUT2D eigenvalue weighted by molar-refractivity contribution is -0.113. The van der Waals surface area contributed by atoms with Gasteiger partial charge in [0.2, 0.25) is 11.6 Å². The van der Waals surface area contributed by atoms with Crippen LogP contribution in [0.4, 0.5) is 11.4 Å². The molecular weight excluding hydrogens is 684 g/mol. The SMILES string of the molecule is COc1ccccc1N/C=C1\C(=O)C(O)=C(C(C)C)c2cc(C)c(-c3c(C)cc4c(c3O)/C(=C/Nc3ccccc3OC)C(=O)C(O)=C4C(C)C)c(O)c21. The highest BCUT2D eigenvalue weighted by atomic mass is 16.5. The molecule has 0 atom stereocenters. The maximum absolute atomic E-state index is 13.9. The monoisotopic (exact) mass is 728 g/mol. The number of aromatic hydroxyl groups is 2. The molecule has 2 aliphatic carbocycles. The molecule has 10 nitrogen and oxygen atoms in total. The minimum absolute atomic E-state index is 0.00150. The van der Waals surface area contributed by atoms with Crippen molar-refractivity contribution in [1.29, 1.82) is 0 Å². The Balaban J connectivity index is 1.63. The van der Waals surface area contributed by atoms with Crippen molar-refractivity contribution >= 4 is 45.2 Å². The van der Waals surface area contributed by atoms with E-state index >= 15 is 0 Å². The lowest BCUT2D eigenvalue weighted by Crippen LogP contribution is -2.20. The number of hydrogen-bond donors (Lipinski definition) is 6. The summed E-state index contributed by atoms with van der Waals surface area (Å²) in [5.41, 5.74) is 4.70. The molecule has 0 bridgehead atoms. The third-order valence-corrected chi connectivity index (χ3v) is 9.91. The molecule has 6 N–H and O–H groups in total. The number of hydrogen-bond acceptors (Lipinski definition) is 10. The molecule has 54 heavy (non-hydrogen) atoms. The number of rotatable bonds is 9. The van der Waals surface area contributed by atoms with Crippen molar-refractivity contribution in [2.24, 2.45) is 11.8 Å². The highest BCUT2D eigenvalue weighted by molar-refractivity contribution is 6.35. The van der Waals surface area contributed by atoms with Crippen LogP contribution < -0.4 is 20.1 Å². The Morgan fingerprint density at radius 1 is 0.574 bits per heavy atom. The van der Waals surface area contributed by atoms with Crippen LogP contribution in [-0.4, -0.2) is 46.2 Å². The average Bonchev–Trinajstić information content (AvgIpc) is 3.13. The van der Waals surface area contributed by atoms with Crippen LogP contribution in [0, 0.1) is 25.7 Å². The summed E-state index contributed by atoms with van der Waals surface area (Å²) in [6, 6.07) is 17.8. The summed E-state index contributed by atoms with van der Waals surface area (Å²) in [5.74, 6) is -2.35. The van der Waals surface area contributed by atoms with Gasteiger partial charge < -0.3 is 40.5 Å². The van der Waals surface area contributed by atoms with E-state index in [0.29, 0.717) is 56.3 Å². The summed E-state index contributed by atoms with van der Waals surface area (Å²) in [4.78, 5) is 27.9. The number of Topliss-reactive ketones (excluding diaryl/α,β-unsaturated/α-hetero) is 2. The Bertz CT molecular complexity index is 2200. The zero-order chi connectivity index (χ0) is 39.2. The van der Waals surface area contributed by atoms with Crippen LogP contribution in [0.15, 0.2) is 84.6 Å². The highest BCUT2D eigenvalue weighted by Gasteiger charge is 2.38. The lowest BCUT2D eigenvalue weighted by atomic mass is 9.75. The Morgan fingerprint density at radius 3 is 1.26 bits per heavy atom. The van der Waals surface area contributed by atoms with Gasteiger partial charge in [-0.05, 0) is 72.2 Å². The second-order valence-electron chi connectivity index (χ2n) is 14.0. The summed E-state index contributed by atoms with van der Waals surface area (Å²) in [6.45, 7) is 10.9. The van der Waals surface area contributed by atoms with Crippen molar-refractivity contribution in [2.45, 2.75) is 41.5 Å². The normalized spacial score (nSPS) is 15.7. The highest BCUT2D eigenvalue weighted by Crippen LogP contribution is 2.53. The van der Waals surface area contributed by atoms with Crippen LogP contribution in [-0.2, 0) is 9.59 Å². The summed E-state index contributed by atoms with van der Waals surface area (Å²) in [7, 11) is 3.05. The van der Waals surface area contributed by atoms with Gasteiger partial charge in [-0.3, -0.25) is 9.59 Å². The standard InChI is InChI=1S/C44H44N2O8/c1-21(2)33-25-17-23(5)35(41(49)37(25)27(39(47)43(33)51)19-45-29-13-9-11-15-31(29)53-7)36-24(6)18-26-34(22(3)4)44(52)40(48)28(38(26)42(36)50)20-46-30-14-10-12-16-32(30)54-8/h9-22,45-46,49-52H,1-8H3/b27-19-,28-20-. The van der Waals surface area contributed by atoms with E-state index < -0.39 is 23.1 Å². The Labute approximate surface area is 314 Å². The van der Waals surface area contributed by atoms with Crippen LogP contribution in [0.5, 0.6) is 23.0 Å². The molecular formula is C44H44N2O8. The zero-order valence-electron chi connectivity index (χ0n) is 31.5. The number of allylic oxidation sites excluding steroid dienone is 4. The number of aliphatic hydroxyl groups excluding tert-OH is 2. The number of phenolic OH excluding ortho intramolecular Hbond substituents is 2. The first kappa shape index (κ1) is 37.3. The van der Waals surface area contributed by atoms with E-state index in [1.54, 1.807) is 74.5 Å². The molecule has 2 aliphatic rings. The molecule has 0 unspecified atom stereocenters. The van der Waals surface area contributed by atoms with Crippen molar-refractivity contribution in [2.75, 3.05) is 24.9 Å². The quantitative estimate of drug-likeness (QED) is 0.0918. The number of benzene rings is 4. The van der Waals surface area contributed by atoms with Crippen molar-refractivity contribution < 1.29 is 39.5 Å². The number of anilines is 2. The summed E-state index contributed by atoms with van der Waals surface area (Å²) < 4.78 is 10.9. The van der Waals surface area contributed by atoms with Crippen LogP contribution >= 0.6 is 0 Å². The average molecular weight is 729 g/mol. The fourth-order valence-electron chi connectivity index (χ4n) is 7.46. The Hall–Kier alpha value is -6.42. The fraction of sp³-hybridized carbons (Fsp3) is 0.227. The molecule has 0 aromatic heterocycles. The van der Waals surface area contributed by atoms with Gasteiger partial charge in [-0.15, -0.1) is 0 Å². The van der Waals surface area contributed by atoms with Gasteiger partial charge >= 0.3 is 0 Å². The number of aryl methyl sites for hydroxylation is 2. The van der Waals surface area contributed by atoms with Crippen LogP contribution in [0.1, 0.15) is 61.1 Å². The zero-order valence-corrected chi connectivity index (χ0v) is 31.5. The van der Waals surface area contributed by atoms with Crippen LogP contribution in [0.2, 0.25) is 0 Å². The van der Waals surface area contributed by atoms with Gasteiger partial charge in [0.25, 0.3) is 0 Å². The molecule has 0 saturated heterocycles. The van der Waals surface area contributed by atoms with Gasteiger partial charge in [-0.25, -0.2) is 0 Å². The van der Waals surface area contributed by atoms with E-state index in [1.165, 1.54) is 26.6 Å². The second-order valence-corrected chi connectivity index (χ2v) is 14.0. The van der Waals surface area contributed by atoms with Gasteiger partial charge in [0, 0.05) is 45.8 Å². The Morgan fingerprint density at radius 2 is 0.926 bits per heavy atom. The number of nitrogens with one attached hydrogen (secondary N) is 2. The van der Waals surface area contributed by atoms with Gasteiger partial charge in [0.1, 0.15) is 23.0 Å². The molecule has 0 spiro atoms. The van der Waals surface area contributed by atoms with Gasteiger partial charge in [0.15, 0.2) is 11.5 Å². The van der Waals surface area contributed by atoms with E-state index in [4.69, 9.17) is 9.47 Å². The topological polar surface area (TPSA) is 158 Å².